The fourth-order valence-corrected chi connectivity index (χ4v) is 4.24. The van der Waals surface area contributed by atoms with Crippen molar-refractivity contribution in [3.63, 3.8) is 0 Å². The van der Waals surface area contributed by atoms with Crippen LogP contribution in [0.3, 0.4) is 0 Å². The van der Waals surface area contributed by atoms with Crippen LogP contribution in [0.15, 0.2) is 42.5 Å². The Bertz CT molecular complexity index is 812. The van der Waals surface area contributed by atoms with Crippen molar-refractivity contribution in [2.24, 2.45) is 0 Å². The van der Waals surface area contributed by atoms with Gasteiger partial charge in [-0.15, -0.1) is 0 Å². The highest BCUT2D eigenvalue weighted by atomic mass is 19.1. The molecule has 2 aromatic rings. The minimum atomic E-state index is -0.415. The van der Waals surface area contributed by atoms with Gasteiger partial charge in [-0.05, 0) is 55.0 Å². The van der Waals surface area contributed by atoms with Crippen LogP contribution in [-0.2, 0) is 12.8 Å². The maximum absolute atomic E-state index is 14.1. The molecule has 0 aromatic heterocycles. The molecule has 4 heteroatoms. The molecule has 4 rings (SSSR count). The van der Waals surface area contributed by atoms with Crippen molar-refractivity contribution in [1.82, 2.24) is 9.80 Å². The third kappa shape index (κ3) is 3.38. The summed E-state index contributed by atoms with van der Waals surface area (Å²) in [5, 5.41) is 0. The van der Waals surface area contributed by atoms with E-state index in [2.05, 4.69) is 29.2 Å². The third-order valence-electron chi connectivity index (χ3n) is 5.79. The monoisotopic (exact) mass is 352 g/mol. The quantitative estimate of drug-likeness (QED) is 0.826. The molecule has 1 atom stereocenters. The number of fused-ring (bicyclic) bond motifs is 1. The molecule has 0 saturated carbocycles. The van der Waals surface area contributed by atoms with Gasteiger partial charge in [0.2, 0.25) is 0 Å². The molecule has 0 radical (unpaired) electrons. The van der Waals surface area contributed by atoms with Crippen molar-refractivity contribution in [2.75, 3.05) is 26.2 Å². The van der Waals surface area contributed by atoms with Crippen LogP contribution in [0.5, 0.6) is 0 Å². The van der Waals surface area contributed by atoms with E-state index in [1.165, 1.54) is 23.6 Å². The Kier molecular flexibility index (Phi) is 4.77. The van der Waals surface area contributed by atoms with Crippen molar-refractivity contribution in [3.05, 3.63) is 70.5 Å². The highest BCUT2D eigenvalue weighted by molar-refractivity contribution is 5.94. The molecule has 3 nitrogen and oxygen atoms in total. The van der Waals surface area contributed by atoms with Crippen LogP contribution in [0.2, 0.25) is 0 Å². The van der Waals surface area contributed by atoms with Gasteiger partial charge >= 0.3 is 0 Å². The Morgan fingerprint density at radius 2 is 1.77 bits per heavy atom. The van der Waals surface area contributed by atoms with E-state index >= 15 is 0 Å². The van der Waals surface area contributed by atoms with Gasteiger partial charge in [0.25, 0.3) is 5.91 Å². The molecular weight excluding hydrogens is 327 g/mol. The molecule has 1 aliphatic carbocycles. The number of piperazine rings is 1. The Hall–Kier alpha value is -2.20. The van der Waals surface area contributed by atoms with Crippen molar-refractivity contribution in [1.29, 1.82) is 0 Å². The first-order valence-electron chi connectivity index (χ1n) is 9.48. The van der Waals surface area contributed by atoms with E-state index in [1.54, 1.807) is 17.0 Å². The lowest BCUT2D eigenvalue weighted by Crippen LogP contribution is -2.53. The molecule has 136 valence electrons. The second kappa shape index (κ2) is 7.20. The van der Waals surface area contributed by atoms with E-state index in [0.29, 0.717) is 19.1 Å². The molecule has 2 aliphatic rings. The van der Waals surface area contributed by atoms with E-state index in [4.69, 9.17) is 0 Å². The zero-order chi connectivity index (χ0) is 18.1. The summed E-state index contributed by atoms with van der Waals surface area (Å²) in [6.45, 7) is 4.91. The van der Waals surface area contributed by atoms with Crippen LogP contribution in [0.1, 0.15) is 33.5 Å². The zero-order valence-electron chi connectivity index (χ0n) is 15.2. The number of amides is 1. The summed E-state index contributed by atoms with van der Waals surface area (Å²) in [4.78, 5) is 16.9. The first-order chi connectivity index (χ1) is 12.6. The summed E-state index contributed by atoms with van der Waals surface area (Å²) < 4.78 is 14.1. The molecule has 1 saturated heterocycles. The number of carbonyl (C=O) groups is 1. The summed E-state index contributed by atoms with van der Waals surface area (Å²) in [6.07, 6.45) is 3.41. The fourth-order valence-electron chi connectivity index (χ4n) is 4.24. The second-order valence-electron chi connectivity index (χ2n) is 7.48. The van der Waals surface area contributed by atoms with Crippen LogP contribution in [0.25, 0.3) is 0 Å². The topological polar surface area (TPSA) is 23.6 Å². The average molecular weight is 352 g/mol. The van der Waals surface area contributed by atoms with Crippen molar-refractivity contribution < 1.29 is 9.18 Å². The standard InChI is InChI=1S/C22H25FN2O/c1-16-6-9-20(21(23)14-16)22(26)25-12-10-24(11-13-25)19-8-7-17-4-2-3-5-18(17)15-19/h2-6,9,14,19H,7-8,10-13,15H2,1H3. The van der Waals surface area contributed by atoms with E-state index in [1.807, 2.05) is 6.92 Å². The van der Waals surface area contributed by atoms with Gasteiger partial charge in [-0.25, -0.2) is 4.39 Å². The minimum absolute atomic E-state index is 0.184. The van der Waals surface area contributed by atoms with Gasteiger partial charge in [0.1, 0.15) is 5.82 Å². The number of aryl methyl sites for hydroxylation is 2. The maximum Gasteiger partial charge on any atom is 0.256 e. The number of carbonyl (C=O) groups excluding carboxylic acids is 1. The number of halogens is 1. The van der Waals surface area contributed by atoms with Crippen molar-refractivity contribution in [2.45, 2.75) is 32.2 Å². The largest absolute Gasteiger partial charge is 0.336 e. The Balaban J connectivity index is 1.38. The van der Waals surface area contributed by atoms with Gasteiger partial charge in [-0.2, -0.15) is 0 Å². The summed E-state index contributed by atoms with van der Waals surface area (Å²) in [5.41, 5.74) is 3.97. The number of benzene rings is 2. The molecule has 0 bridgehead atoms. The molecular formula is C22H25FN2O. The van der Waals surface area contributed by atoms with Crippen LogP contribution in [0.4, 0.5) is 4.39 Å². The minimum Gasteiger partial charge on any atom is -0.336 e. The van der Waals surface area contributed by atoms with E-state index in [0.717, 1.165) is 31.5 Å². The molecule has 1 aliphatic heterocycles. The average Bonchev–Trinajstić information content (AvgIpc) is 2.67. The summed E-state index contributed by atoms with van der Waals surface area (Å²) in [5.74, 6) is -0.600. The zero-order valence-corrected chi connectivity index (χ0v) is 15.2. The number of rotatable bonds is 2. The highest BCUT2D eigenvalue weighted by Gasteiger charge is 2.29. The van der Waals surface area contributed by atoms with Crippen molar-refractivity contribution >= 4 is 5.91 Å². The molecule has 2 aromatic carbocycles. The van der Waals surface area contributed by atoms with Crippen molar-refractivity contribution in [3.8, 4) is 0 Å². The van der Waals surface area contributed by atoms with Crippen LogP contribution >= 0.6 is 0 Å². The van der Waals surface area contributed by atoms with Gasteiger partial charge < -0.3 is 4.90 Å². The predicted molar refractivity (Wildman–Crippen MR) is 101 cm³/mol. The molecule has 1 amide bonds. The van der Waals surface area contributed by atoms with Gasteiger partial charge in [0.15, 0.2) is 0 Å². The number of hydrogen-bond acceptors (Lipinski definition) is 2. The third-order valence-corrected chi connectivity index (χ3v) is 5.79. The highest BCUT2D eigenvalue weighted by Crippen LogP contribution is 2.25. The SMILES string of the molecule is Cc1ccc(C(=O)N2CCN(C3CCc4ccccc4C3)CC2)c(F)c1. The molecule has 0 N–H and O–H groups in total. The molecule has 1 fully saturated rings. The summed E-state index contributed by atoms with van der Waals surface area (Å²) >= 11 is 0. The Labute approximate surface area is 154 Å². The molecule has 26 heavy (non-hydrogen) atoms. The normalized spacial score (nSPS) is 20.7. The van der Waals surface area contributed by atoms with E-state index in [9.17, 15) is 9.18 Å². The van der Waals surface area contributed by atoms with Gasteiger partial charge in [0, 0.05) is 32.2 Å². The number of nitrogens with zero attached hydrogens (tertiary/aromatic N) is 2. The molecule has 1 heterocycles. The van der Waals surface area contributed by atoms with Gasteiger partial charge in [-0.3, -0.25) is 9.69 Å². The fraction of sp³-hybridized carbons (Fsp3) is 0.409. The lowest BCUT2D eigenvalue weighted by molar-refractivity contribution is 0.0549. The lowest BCUT2D eigenvalue weighted by atomic mass is 9.87. The second-order valence-corrected chi connectivity index (χ2v) is 7.48. The van der Waals surface area contributed by atoms with Gasteiger partial charge in [-0.1, -0.05) is 30.3 Å². The smallest absolute Gasteiger partial charge is 0.256 e. The summed E-state index contributed by atoms with van der Waals surface area (Å²) in [6, 6.07) is 14.1. The number of hydrogen-bond donors (Lipinski definition) is 0. The molecule has 1 unspecified atom stereocenters. The summed E-state index contributed by atoms with van der Waals surface area (Å²) in [7, 11) is 0. The Morgan fingerprint density at radius 3 is 2.50 bits per heavy atom. The first-order valence-corrected chi connectivity index (χ1v) is 9.48. The van der Waals surface area contributed by atoms with E-state index < -0.39 is 5.82 Å². The van der Waals surface area contributed by atoms with E-state index in [-0.39, 0.29) is 11.5 Å². The van der Waals surface area contributed by atoms with Crippen LogP contribution in [-0.4, -0.2) is 47.9 Å². The van der Waals surface area contributed by atoms with Crippen LogP contribution in [0, 0.1) is 12.7 Å². The Morgan fingerprint density at radius 1 is 1.04 bits per heavy atom. The maximum atomic E-state index is 14.1. The van der Waals surface area contributed by atoms with Crippen LogP contribution < -0.4 is 0 Å². The van der Waals surface area contributed by atoms with Gasteiger partial charge in [0.05, 0.1) is 5.56 Å². The first kappa shape index (κ1) is 17.2. The molecule has 0 spiro atoms. The lowest BCUT2D eigenvalue weighted by Gasteiger charge is -2.41. The predicted octanol–water partition coefficient (Wildman–Crippen LogP) is 3.45.